The summed E-state index contributed by atoms with van der Waals surface area (Å²) in [4.78, 5) is 24.3. The van der Waals surface area contributed by atoms with Crippen molar-refractivity contribution in [2.24, 2.45) is 0 Å². The maximum atomic E-state index is 14.2. The zero-order valence-electron chi connectivity index (χ0n) is 12.3. The van der Waals surface area contributed by atoms with Crippen molar-refractivity contribution in [3.05, 3.63) is 44.7 Å². The highest BCUT2D eigenvalue weighted by Crippen LogP contribution is 2.31. The van der Waals surface area contributed by atoms with E-state index in [1.807, 2.05) is 0 Å². The molecule has 1 atom stereocenters. The van der Waals surface area contributed by atoms with E-state index in [-0.39, 0.29) is 17.7 Å². The van der Waals surface area contributed by atoms with Crippen LogP contribution in [0.25, 0.3) is 10.9 Å². The lowest BCUT2D eigenvalue weighted by molar-refractivity contribution is 0.0524. The molecule has 124 valence electrons. The minimum atomic E-state index is -1.12. The lowest BCUT2D eigenvalue weighted by atomic mass is 10.1. The normalized spacial score (nSPS) is 12.4. The second-order valence-corrected chi connectivity index (χ2v) is 5.60. The number of rotatable bonds is 4. The fraction of sp³-hybridized carbons (Fsp3) is 0.333. The van der Waals surface area contributed by atoms with Crippen molar-refractivity contribution in [3.8, 4) is 0 Å². The first-order valence-corrected chi connectivity index (χ1v) is 7.68. The summed E-state index contributed by atoms with van der Waals surface area (Å²) in [5.74, 6) is -3.05. The standard InChI is InChI=1S/C15H13Cl2F2NO3/c1-3-10(16)20-6-7(15(22)23-4-2)14(21)11-8(18)5-9(19)12(17)13(11)20/h5-6,10H,3-4H2,1-2H3. The third kappa shape index (κ3) is 3.05. The van der Waals surface area contributed by atoms with Crippen LogP contribution in [0.15, 0.2) is 17.1 Å². The second-order valence-electron chi connectivity index (χ2n) is 4.72. The summed E-state index contributed by atoms with van der Waals surface area (Å²) in [5, 5.41) is -0.936. The highest BCUT2D eigenvalue weighted by atomic mass is 35.5. The molecule has 2 aromatic rings. The summed E-state index contributed by atoms with van der Waals surface area (Å²) in [7, 11) is 0. The predicted octanol–water partition coefficient (Wildman–Crippen LogP) is 4.26. The van der Waals surface area contributed by atoms with Crippen LogP contribution in [0.5, 0.6) is 0 Å². The summed E-state index contributed by atoms with van der Waals surface area (Å²) in [5.41, 5.74) is -2.26. The van der Waals surface area contributed by atoms with Crippen molar-refractivity contribution < 1.29 is 18.3 Å². The van der Waals surface area contributed by atoms with Crippen LogP contribution < -0.4 is 5.43 Å². The number of pyridine rings is 1. The van der Waals surface area contributed by atoms with Crippen molar-refractivity contribution >= 4 is 40.1 Å². The summed E-state index contributed by atoms with van der Waals surface area (Å²) in [6, 6.07) is 0.501. The van der Waals surface area contributed by atoms with Crippen molar-refractivity contribution in [1.29, 1.82) is 0 Å². The first kappa shape index (κ1) is 17.7. The fourth-order valence-electron chi connectivity index (χ4n) is 2.21. The Morgan fingerprint density at radius 2 is 2.00 bits per heavy atom. The molecule has 1 aromatic heterocycles. The first-order valence-electron chi connectivity index (χ1n) is 6.86. The van der Waals surface area contributed by atoms with Gasteiger partial charge in [-0.1, -0.05) is 30.1 Å². The first-order chi connectivity index (χ1) is 10.8. The SMILES string of the molecule is CCOC(=O)c1cn(C(Cl)CC)c2c(Cl)c(F)cc(F)c2c1=O. The van der Waals surface area contributed by atoms with Crippen LogP contribution in [-0.4, -0.2) is 17.1 Å². The molecule has 0 saturated carbocycles. The molecule has 1 unspecified atom stereocenters. The van der Waals surface area contributed by atoms with E-state index in [1.54, 1.807) is 13.8 Å². The number of hydrogen-bond acceptors (Lipinski definition) is 3. The molecular weight excluding hydrogens is 351 g/mol. The molecule has 2 rings (SSSR count). The molecule has 0 amide bonds. The average molecular weight is 364 g/mol. The summed E-state index contributed by atoms with van der Waals surface area (Å²) >= 11 is 12.1. The number of ether oxygens (including phenoxy) is 1. The molecule has 1 heterocycles. The van der Waals surface area contributed by atoms with Crippen LogP contribution in [0.2, 0.25) is 5.02 Å². The number of alkyl halides is 1. The van der Waals surface area contributed by atoms with Crippen LogP contribution in [0, 0.1) is 11.6 Å². The maximum Gasteiger partial charge on any atom is 0.343 e. The highest BCUT2D eigenvalue weighted by Gasteiger charge is 2.24. The summed E-state index contributed by atoms with van der Waals surface area (Å²) in [6.07, 6.45) is 1.49. The number of fused-ring (bicyclic) bond motifs is 1. The molecule has 0 aliphatic heterocycles. The van der Waals surface area contributed by atoms with Crippen molar-refractivity contribution in [1.82, 2.24) is 4.57 Å². The Kier molecular flexibility index (Phi) is 5.26. The number of benzene rings is 1. The van der Waals surface area contributed by atoms with Gasteiger partial charge >= 0.3 is 5.97 Å². The Hall–Kier alpha value is -1.66. The van der Waals surface area contributed by atoms with Gasteiger partial charge in [0.05, 0.1) is 17.5 Å². The summed E-state index contributed by atoms with van der Waals surface area (Å²) in [6.45, 7) is 3.34. The molecule has 0 bridgehead atoms. The molecule has 0 aliphatic carbocycles. The molecule has 4 nitrogen and oxygen atoms in total. The quantitative estimate of drug-likeness (QED) is 0.463. The predicted molar refractivity (Wildman–Crippen MR) is 84.3 cm³/mol. The number of carbonyl (C=O) groups is 1. The Labute approximate surface area is 140 Å². The van der Waals surface area contributed by atoms with E-state index >= 15 is 0 Å². The molecule has 8 heteroatoms. The van der Waals surface area contributed by atoms with Gasteiger partial charge in [0.25, 0.3) is 0 Å². The minimum Gasteiger partial charge on any atom is -0.462 e. The zero-order valence-corrected chi connectivity index (χ0v) is 13.8. The molecule has 0 spiro atoms. The van der Waals surface area contributed by atoms with Gasteiger partial charge in [0.1, 0.15) is 27.7 Å². The zero-order chi connectivity index (χ0) is 17.3. The van der Waals surface area contributed by atoms with Crippen LogP contribution in [0.3, 0.4) is 0 Å². The van der Waals surface area contributed by atoms with Crippen molar-refractivity contribution in [3.63, 3.8) is 0 Å². The van der Waals surface area contributed by atoms with Gasteiger partial charge < -0.3 is 9.30 Å². The van der Waals surface area contributed by atoms with Crippen molar-refractivity contribution in [2.45, 2.75) is 25.8 Å². The maximum absolute atomic E-state index is 14.2. The van der Waals surface area contributed by atoms with Gasteiger partial charge in [-0.25, -0.2) is 13.6 Å². The lowest BCUT2D eigenvalue weighted by Crippen LogP contribution is -2.23. The van der Waals surface area contributed by atoms with E-state index in [0.29, 0.717) is 12.5 Å². The summed E-state index contributed by atoms with van der Waals surface area (Å²) < 4.78 is 33.9. The Morgan fingerprint density at radius 1 is 1.35 bits per heavy atom. The van der Waals surface area contributed by atoms with E-state index in [2.05, 4.69) is 0 Å². The third-order valence-corrected chi connectivity index (χ3v) is 4.16. The van der Waals surface area contributed by atoms with E-state index in [9.17, 15) is 18.4 Å². The fourth-order valence-corrected chi connectivity index (χ4v) is 2.61. The number of nitrogens with zero attached hydrogens (tertiary/aromatic N) is 1. The van der Waals surface area contributed by atoms with E-state index < -0.39 is 38.9 Å². The highest BCUT2D eigenvalue weighted by molar-refractivity contribution is 6.35. The topological polar surface area (TPSA) is 48.3 Å². The Morgan fingerprint density at radius 3 is 2.57 bits per heavy atom. The number of halogens is 4. The third-order valence-electron chi connectivity index (χ3n) is 3.28. The van der Waals surface area contributed by atoms with Gasteiger partial charge in [-0.05, 0) is 13.3 Å². The Bertz CT molecular complexity index is 836. The molecule has 23 heavy (non-hydrogen) atoms. The molecule has 0 aliphatic rings. The van der Waals surface area contributed by atoms with E-state index in [4.69, 9.17) is 27.9 Å². The van der Waals surface area contributed by atoms with Crippen LogP contribution in [0.4, 0.5) is 8.78 Å². The second kappa shape index (κ2) is 6.84. The number of hydrogen-bond donors (Lipinski definition) is 0. The Balaban J connectivity index is 2.98. The van der Waals surface area contributed by atoms with Gasteiger partial charge in [0.2, 0.25) is 5.43 Å². The van der Waals surface area contributed by atoms with Gasteiger partial charge in [-0.3, -0.25) is 4.79 Å². The molecule has 0 radical (unpaired) electrons. The van der Waals surface area contributed by atoms with Crippen LogP contribution >= 0.6 is 23.2 Å². The van der Waals surface area contributed by atoms with Crippen LogP contribution in [0.1, 0.15) is 36.1 Å². The molecule has 0 saturated heterocycles. The van der Waals surface area contributed by atoms with Gasteiger partial charge in [-0.2, -0.15) is 0 Å². The molecular formula is C15H13Cl2F2NO3. The number of carbonyl (C=O) groups excluding carboxylic acids is 1. The van der Waals surface area contributed by atoms with Crippen molar-refractivity contribution in [2.75, 3.05) is 6.61 Å². The molecule has 0 fully saturated rings. The lowest BCUT2D eigenvalue weighted by Gasteiger charge is -2.18. The van der Waals surface area contributed by atoms with Gasteiger partial charge in [0, 0.05) is 12.3 Å². The smallest absolute Gasteiger partial charge is 0.343 e. The van der Waals surface area contributed by atoms with E-state index in [0.717, 1.165) is 6.20 Å². The van der Waals surface area contributed by atoms with Gasteiger partial charge in [-0.15, -0.1) is 0 Å². The molecule has 1 aromatic carbocycles. The van der Waals surface area contributed by atoms with E-state index in [1.165, 1.54) is 4.57 Å². The number of aromatic nitrogens is 1. The minimum absolute atomic E-state index is 0.0427. The van der Waals surface area contributed by atoms with Gasteiger partial charge in [0.15, 0.2) is 0 Å². The number of esters is 1. The molecule has 0 N–H and O–H groups in total. The monoisotopic (exact) mass is 363 g/mol. The largest absolute Gasteiger partial charge is 0.462 e. The van der Waals surface area contributed by atoms with Crippen LogP contribution in [-0.2, 0) is 4.74 Å². The average Bonchev–Trinajstić information content (AvgIpc) is 2.51.